The molecule has 1 heterocycles. The van der Waals surface area contributed by atoms with Crippen LogP contribution >= 0.6 is 15.9 Å². The van der Waals surface area contributed by atoms with Crippen molar-refractivity contribution in [2.24, 2.45) is 0 Å². The zero-order valence-electron chi connectivity index (χ0n) is 11.3. The first kappa shape index (κ1) is 13.8. The van der Waals surface area contributed by atoms with Crippen molar-refractivity contribution in [2.45, 2.75) is 18.4 Å². The number of ether oxygens (including phenoxy) is 1. The zero-order chi connectivity index (χ0) is 14.2. The second-order valence-corrected chi connectivity index (χ2v) is 6.37. The Morgan fingerprint density at radius 1 is 1.20 bits per heavy atom. The number of halogens is 1. The minimum Gasteiger partial charge on any atom is -0.395 e. The molecule has 2 aromatic carbocycles. The molecule has 0 spiro atoms. The van der Waals surface area contributed by atoms with E-state index in [4.69, 9.17) is 4.74 Å². The van der Waals surface area contributed by atoms with Crippen molar-refractivity contribution in [3.63, 3.8) is 0 Å². The number of epoxide rings is 1. The predicted octanol–water partition coefficient (Wildman–Crippen LogP) is 3.76. The number of aliphatic hydroxyl groups excluding tert-OH is 1. The van der Waals surface area contributed by atoms with Crippen molar-refractivity contribution in [1.29, 1.82) is 0 Å². The van der Waals surface area contributed by atoms with Crippen LogP contribution in [0.1, 0.15) is 12.5 Å². The van der Waals surface area contributed by atoms with Crippen LogP contribution in [0, 0.1) is 0 Å². The van der Waals surface area contributed by atoms with Gasteiger partial charge in [-0.2, -0.15) is 0 Å². The first-order chi connectivity index (χ1) is 9.65. The Morgan fingerprint density at radius 3 is 2.45 bits per heavy atom. The Hall–Kier alpha value is -1.16. The van der Waals surface area contributed by atoms with E-state index in [1.54, 1.807) is 0 Å². The lowest BCUT2D eigenvalue weighted by atomic mass is 9.76. The quantitative estimate of drug-likeness (QED) is 0.864. The highest BCUT2D eigenvalue weighted by atomic mass is 79.9. The van der Waals surface area contributed by atoms with E-state index >= 15 is 0 Å². The van der Waals surface area contributed by atoms with Gasteiger partial charge in [-0.15, -0.1) is 0 Å². The lowest BCUT2D eigenvalue weighted by Gasteiger charge is -2.28. The summed E-state index contributed by atoms with van der Waals surface area (Å²) in [5, 5.41) is 9.88. The Morgan fingerprint density at radius 2 is 1.85 bits per heavy atom. The lowest BCUT2D eigenvalue weighted by molar-refractivity contribution is 0.171. The van der Waals surface area contributed by atoms with Crippen LogP contribution in [0.25, 0.3) is 11.1 Å². The van der Waals surface area contributed by atoms with E-state index in [9.17, 15) is 5.11 Å². The summed E-state index contributed by atoms with van der Waals surface area (Å²) >= 11 is 3.46. The molecule has 0 aromatic heterocycles. The molecule has 0 aliphatic carbocycles. The SMILES string of the molecule is CC(CO)(c1ccccc1-c1ccc(Br)cc1)C1CO1. The maximum atomic E-state index is 9.88. The second kappa shape index (κ2) is 5.32. The third-order valence-electron chi connectivity index (χ3n) is 4.07. The maximum Gasteiger partial charge on any atom is 0.0925 e. The fourth-order valence-electron chi connectivity index (χ4n) is 2.64. The lowest BCUT2D eigenvalue weighted by Crippen LogP contribution is -2.33. The molecule has 1 fully saturated rings. The number of hydrogen-bond acceptors (Lipinski definition) is 2. The summed E-state index contributed by atoms with van der Waals surface area (Å²) in [6.07, 6.45) is 0.115. The van der Waals surface area contributed by atoms with E-state index in [0.717, 1.165) is 27.8 Å². The van der Waals surface area contributed by atoms with Gasteiger partial charge in [0.15, 0.2) is 0 Å². The molecule has 0 bridgehead atoms. The largest absolute Gasteiger partial charge is 0.395 e. The molecule has 1 aliphatic rings. The molecule has 104 valence electrons. The standard InChI is InChI=1S/C17H17BrO2/c1-17(11-19,16-10-20-16)15-5-3-2-4-14(15)12-6-8-13(18)9-7-12/h2-9,16,19H,10-11H2,1H3. The van der Waals surface area contributed by atoms with Gasteiger partial charge in [0.1, 0.15) is 0 Å². The molecule has 2 unspecified atom stereocenters. The van der Waals surface area contributed by atoms with E-state index in [1.165, 1.54) is 0 Å². The molecular formula is C17H17BrO2. The summed E-state index contributed by atoms with van der Waals surface area (Å²) in [5.74, 6) is 0. The van der Waals surface area contributed by atoms with E-state index in [0.29, 0.717) is 0 Å². The van der Waals surface area contributed by atoms with Crippen molar-refractivity contribution in [2.75, 3.05) is 13.2 Å². The smallest absolute Gasteiger partial charge is 0.0925 e. The summed E-state index contributed by atoms with van der Waals surface area (Å²) in [4.78, 5) is 0. The topological polar surface area (TPSA) is 32.8 Å². The van der Waals surface area contributed by atoms with Crippen molar-refractivity contribution < 1.29 is 9.84 Å². The van der Waals surface area contributed by atoms with Crippen LogP contribution in [0.15, 0.2) is 53.0 Å². The monoisotopic (exact) mass is 332 g/mol. The fourth-order valence-corrected chi connectivity index (χ4v) is 2.90. The molecule has 0 amide bonds. The van der Waals surface area contributed by atoms with Gasteiger partial charge in [0.2, 0.25) is 0 Å². The number of benzene rings is 2. The molecule has 3 rings (SSSR count). The van der Waals surface area contributed by atoms with Crippen LogP contribution < -0.4 is 0 Å². The van der Waals surface area contributed by atoms with E-state index < -0.39 is 0 Å². The number of aliphatic hydroxyl groups is 1. The third kappa shape index (κ3) is 2.41. The van der Waals surface area contributed by atoms with E-state index in [2.05, 4.69) is 47.1 Å². The summed E-state index contributed by atoms with van der Waals surface area (Å²) in [7, 11) is 0. The molecule has 3 heteroatoms. The van der Waals surface area contributed by atoms with Crippen molar-refractivity contribution >= 4 is 15.9 Å². The highest BCUT2D eigenvalue weighted by Gasteiger charge is 2.45. The van der Waals surface area contributed by atoms with Gasteiger partial charge in [-0.3, -0.25) is 0 Å². The van der Waals surface area contributed by atoms with Crippen LogP contribution in [-0.2, 0) is 10.2 Å². The third-order valence-corrected chi connectivity index (χ3v) is 4.60. The van der Waals surface area contributed by atoms with Gasteiger partial charge in [0, 0.05) is 9.89 Å². The van der Waals surface area contributed by atoms with Crippen LogP contribution in [-0.4, -0.2) is 24.4 Å². The molecule has 1 saturated heterocycles. The molecule has 1 aliphatic heterocycles. The summed E-state index contributed by atoms with van der Waals surface area (Å²) in [6, 6.07) is 16.5. The van der Waals surface area contributed by atoms with Gasteiger partial charge in [-0.25, -0.2) is 0 Å². The summed E-state index contributed by atoms with van der Waals surface area (Å²) in [6.45, 7) is 2.89. The highest BCUT2D eigenvalue weighted by molar-refractivity contribution is 9.10. The molecule has 0 radical (unpaired) electrons. The first-order valence-electron chi connectivity index (χ1n) is 6.73. The Bertz CT molecular complexity index is 605. The molecule has 2 atom stereocenters. The molecule has 0 saturated carbocycles. The van der Waals surface area contributed by atoms with E-state index in [1.807, 2.05) is 24.3 Å². The molecule has 20 heavy (non-hydrogen) atoms. The van der Waals surface area contributed by atoms with E-state index in [-0.39, 0.29) is 18.1 Å². The van der Waals surface area contributed by atoms with Gasteiger partial charge >= 0.3 is 0 Å². The van der Waals surface area contributed by atoms with Gasteiger partial charge in [0.05, 0.1) is 19.3 Å². The second-order valence-electron chi connectivity index (χ2n) is 5.45. The van der Waals surface area contributed by atoms with Crippen molar-refractivity contribution in [3.8, 4) is 11.1 Å². The Balaban J connectivity index is 2.10. The van der Waals surface area contributed by atoms with Gasteiger partial charge in [-0.05, 0) is 28.8 Å². The highest BCUT2D eigenvalue weighted by Crippen LogP contribution is 2.40. The fraction of sp³-hybridized carbons (Fsp3) is 0.294. The first-order valence-corrected chi connectivity index (χ1v) is 7.52. The van der Waals surface area contributed by atoms with Crippen LogP contribution in [0.4, 0.5) is 0 Å². The zero-order valence-corrected chi connectivity index (χ0v) is 12.9. The number of hydrogen-bond donors (Lipinski definition) is 1. The maximum absolute atomic E-state index is 9.88. The minimum atomic E-state index is -0.344. The average Bonchev–Trinajstić information content (AvgIpc) is 3.32. The minimum absolute atomic E-state index is 0.0885. The molecule has 1 N–H and O–H groups in total. The van der Waals surface area contributed by atoms with Crippen LogP contribution in [0.2, 0.25) is 0 Å². The summed E-state index contributed by atoms with van der Waals surface area (Å²) < 4.78 is 6.53. The predicted molar refractivity (Wildman–Crippen MR) is 83.8 cm³/mol. The van der Waals surface area contributed by atoms with Gasteiger partial charge in [0.25, 0.3) is 0 Å². The average molecular weight is 333 g/mol. The molecular weight excluding hydrogens is 316 g/mol. The number of rotatable bonds is 4. The molecule has 2 nitrogen and oxygen atoms in total. The Labute approximate surface area is 127 Å². The van der Waals surface area contributed by atoms with Gasteiger partial charge < -0.3 is 9.84 Å². The summed E-state index contributed by atoms with van der Waals surface area (Å²) in [5.41, 5.74) is 3.12. The van der Waals surface area contributed by atoms with Crippen LogP contribution in [0.3, 0.4) is 0 Å². The van der Waals surface area contributed by atoms with Crippen molar-refractivity contribution in [3.05, 3.63) is 58.6 Å². The molecule has 2 aromatic rings. The van der Waals surface area contributed by atoms with Gasteiger partial charge in [-0.1, -0.05) is 59.3 Å². The Kier molecular flexibility index (Phi) is 3.67. The normalized spacial score (nSPS) is 20.4. The van der Waals surface area contributed by atoms with Crippen molar-refractivity contribution in [1.82, 2.24) is 0 Å². The van der Waals surface area contributed by atoms with Crippen LogP contribution in [0.5, 0.6) is 0 Å².